The Kier molecular flexibility index (Phi) is 5.83. The van der Waals surface area contributed by atoms with Crippen molar-refractivity contribution in [2.75, 3.05) is 18.5 Å². The molecule has 0 aromatic heterocycles. The van der Waals surface area contributed by atoms with E-state index in [1.807, 2.05) is 18.2 Å². The van der Waals surface area contributed by atoms with Gasteiger partial charge in [-0.05, 0) is 79.2 Å². The highest BCUT2D eigenvalue weighted by atomic mass is 32.2. The molecule has 5 nitrogen and oxygen atoms in total. The summed E-state index contributed by atoms with van der Waals surface area (Å²) in [5, 5.41) is 9.56. The van der Waals surface area contributed by atoms with E-state index in [2.05, 4.69) is 46.6 Å². The van der Waals surface area contributed by atoms with Gasteiger partial charge in [0.05, 0.1) is 16.9 Å². The van der Waals surface area contributed by atoms with E-state index in [9.17, 15) is 9.90 Å². The predicted octanol–water partition coefficient (Wildman–Crippen LogP) is 6.58. The molecule has 0 bridgehead atoms. The third-order valence-electron chi connectivity index (χ3n) is 7.61. The standard InChI is InChI=1S/C29H28N2O3S/c1-30-26(19-8-4-2-5-9-19)17-31(22-10-6-3-7-11-22)25-16-27-24(15-28(25)35-30)23-14-20(29(32)33)12-13-21(23)18-34-27/h6,10-16,19,26H,2,4-5,8-9,17-18H2,1H3,(H,32,33)/t26-/m0/s1. The van der Waals surface area contributed by atoms with Crippen LogP contribution in [0, 0.1) is 18.1 Å². The van der Waals surface area contributed by atoms with Crippen molar-refractivity contribution in [1.82, 2.24) is 4.31 Å². The summed E-state index contributed by atoms with van der Waals surface area (Å²) in [4.78, 5) is 15.2. The van der Waals surface area contributed by atoms with Crippen molar-refractivity contribution < 1.29 is 14.6 Å². The minimum absolute atomic E-state index is 0.298. The number of aromatic carboxylic acids is 1. The third kappa shape index (κ3) is 4.13. The average molecular weight is 485 g/mol. The second-order valence-corrected chi connectivity index (χ2v) is 10.9. The number of likely N-dealkylation sites (N-methyl/N-ethyl adjacent to an activating group) is 1. The van der Waals surface area contributed by atoms with E-state index in [0.29, 0.717) is 24.1 Å². The molecule has 0 amide bonds. The number of fused-ring (bicyclic) bond motifs is 4. The van der Waals surface area contributed by atoms with Crippen LogP contribution in [0.25, 0.3) is 11.1 Å². The first-order valence-electron chi connectivity index (χ1n) is 12.3. The van der Waals surface area contributed by atoms with Gasteiger partial charge < -0.3 is 14.7 Å². The van der Waals surface area contributed by atoms with Crippen molar-refractivity contribution in [3.8, 4) is 16.9 Å². The molecule has 3 aromatic carbocycles. The van der Waals surface area contributed by atoms with Crippen LogP contribution in [-0.4, -0.2) is 35.0 Å². The Hall–Kier alpha value is -3.14. The monoisotopic (exact) mass is 484 g/mol. The summed E-state index contributed by atoms with van der Waals surface area (Å²) in [6.45, 7) is 1.34. The van der Waals surface area contributed by atoms with Crippen LogP contribution < -0.4 is 9.64 Å². The Bertz CT molecular complexity index is 1260. The summed E-state index contributed by atoms with van der Waals surface area (Å²) in [6, 6.07) is 22.2. The summed E-state index contributed by atoms with van der Waals surface area (Å²) in [7, 11) is 2.22. The molecule has 1 N–H and O–H groups in total. The van der Waals surface area contributed by atoms with Gasteiger partial charge in [-0.1, -0.05) is 37.5 Å². The van der Waals surface area contributed by atoms with Crippen molar-refractivity contribution in [2.45, 2.75) is 49.6 Å². The van der Waals surface area contributed by atoms with Crippen molar-refractivity contribution in [3.63, 3.8) is 0 Å². The van der Waals surface area contributed by atoms with Crippen LogP contribution in [0.3, 0.4) is 0 Å². The minimum atomic E-state index is -0.914. The molecular weight excluding hydrogens is 456 g/mol. The highest BCUT2D eigenvalue weighted by molar-refractivity contribution is 7.97. The first-order chi connectivity index (χ1) is 17.1. The molecule has 6 heteroatoms. The molecule has 3 aromatic rings. The van der Waals surface area contributed by atoms with E-state index >= 15 is 0 Å². The van der Waals surface area contributed by atoms with Crippen LogP contribution in [0.4, 0.5) is 11.4 Å². The summed E-state index contributed by atoms with van der Waals surface area (Å²) in [5.41, 5.74) is 5.44. The number of rotatable bonds is 3. The van der Waals surface area contributed by atoms with Crippen molar-refractivity contribution in [2.24, 2.45) is 5.92 Å². The first-order valence-corrected chi connectivity index (χ1v) is 13.1. The predicted molar refractivity (Wildman–Crippen MR) is 138 cm³/mol. The fourth-order valence-corrected chi connectivity index (χ4v) is 6.86. The third-order valence-corrected chi connectivity index (χ3v) is 8.69. The highest BCUT2D eigenvalue weighted by Crippen LogP contribution is 2.49. The van der Waals surface area contributed by atoms with E-state index in [1.165, 1.54) is 32.1 Å². The van der Waals surface area contributed by atoms with Crippen LogP contribution in [0.5, 0.6) is 5.75 Å². The lowest BCUT2D eigenvalue weighted by Crippen LogP contribution is -2.42. The molecule has 6 rings (SSSR count). The largest absolute Gasteiger partial charge is 0.488 e. The molecule has 2 heterocycles. The lowest BCUT2D eigenvalue weighted by atomic mass is 9.83. The summed E-state index contributed by atoms with van der Waals surface area (Å²) >= 11 is 1.79. The second kappa shape index (κ2) is 9.14. The van der Waals surface area contributed by atoms with Gasteiger partial charge >= 0.3 is 5.97 Å². The van der Waals surface area contributed by atoms with Gasteiger partial charge in [-0.2, -0.15) is 0 Å². The lowest BCUT2D eigenvalue weighted by molar-refractivity contribution is 0.0697. The van der Waals surface area contributed by atoms with Crippen molar-refractivity contribution >= 4 is 29.3 Å². The quantitative estimate of drug-likeness (QED) is 0.424. The minimum Gasteiger partial charge on any atom is -0.488 e. The average Bonchev–Trinajstić information content (AvgIpc) is 3.03. The van der Waals surface area contributed by atoms with E-state index in [4.69, 9.17) is 4.74 Å². The zero-order chi connectivity index (χ0) is 23.9. The molecule has 35 heavy (non-hydrogen) atoms. The first kappa shape index (κ1) is 22.3. The van der Waals surface area contributed by atoms with Crippen LogP contribution in [0.15, 0.2) is 53.4 Å². The van der Waals surface area contributed by atoms with E-state index in [-0.39, 0.29) is 0 Å². The molecule has 1 fully saturated rings. The SMILES string of the molecule is CN1Sc2cc3c(cc2N(c2cc#ccc2)C[C@H]1C1CCCCC1)OCc1ccc(C(=O)O)cc1-3. The fourth-order valence-electron chi connectivity index (χ4n) is 5.74. The zero-order valence-electron chi connectivity index (χ0n) is 19.8. The molecular formula is C29H28N2O3S. The topological polar surface area (TPSA) is 53.0 Å². The Balaban J connectivity index is 1.47. The summed E-state index contributed by atoms with van der Waals surface area (Å²) < 4.78 is 8.64. The van der Waals surface area contributed by atoms with Gasteiger partial charge in [0, 0.05) is 35.2 Å². The van der Waals surface area contributed by atoms with E-state index in [0.717, 1.165) is 45.3 Å². The number of nitrogens with zero attached hydrogens (tertiary/aromatic N) is 2. The number of benzene rings is 2. The summed E-state index contributed by atoms with van der Waals surface area (Å²) in [6.07, 6.45) is 6.52. The number of anilines is 2. The van der Waals surface area contributed by atoms with Crippen molar-refractivity contribution in [3.05, 3.63) is 71.8 Å². The molecule has 1 atom stereocenters. The van der Waals surface area contributed by atoms with Gasteiger partial charge in [0.2, 0.25) is 0 Å². The Morgan fingerprint density at radius 3 is 2.71 bits per heavy atom. The number of carboxylic acids is 1. The maximum absolute atomic E-state index is 11.7. The van der Waals surface area contributed by atoms with Gasteiger partial charge in [0.25, 0.3) is 0 Å². The Morgan fingerprint density at radius 2 is 1.94 bits per heavy atom. The molecule has 0 saturated heterocycles. The van der Waals surface area contributed by atoms with Crippen LogP contribution >= 0.6 is 11.9 Å². The number of ether oxygens (including phenoxy) is 1. The van der Waals surface area contributed by atoms with E-state index in [1.54, 1.807) is 24.1 Å². The maximum atomic E-state index is 11.7. The maximum Gasteiger partial charge on any atom is 0.335 e. The smallest absolute Gasteiger partial charge is 0.335 e. The Morgan fingerprint density at radius 1 is 1.09 bits per heavy atom. The zero-order valence-corrected chi connectivity index (χ0v) is 20.6. The fraction of sp³-hybridized carbons (Fsp3) is 0.345. The van der Waals surface area contributed by atoms with Gasteiger partial charge in [0.1, 0.15) is 12.4 Å². The second-order valence-electron chi connectivity index (χ2n) is 9.69. The molecule has 2 aliphatic heterocycles. The number of carbonyl (C=O) groups is 1. The van der Waals surface area contributed by atoms with Gasteiger partial charge in [-0.15, -0.1) is 0 Å². The number of carboxylic acid groups (broad SMARTS) is 1. The van der Waals surface area contributed by atoms with Gasteiger partial charge in [-0.3, -0.25) is 0 Å². The molecule has 1 aliphatic carbocycles. The molecule has 0 radical (unpaired) electrons. The van der Waals surface area contributed by atoms with Crippen molar-refractivity contribution in [1.29, 1.82) is 0 Å². The molecule has 1 saturated carbocycles. The number of hydrogen-bond donors (Lipinski definition) is 1. The Labute approximate surface area is 210 Å². The van der Waals surface area contributed by atoms with Gasteiger partial charge in [0.15, 0.2) is 0 Å². The van der Waals surface area contributed by atoms with Gasteiger partial charge in [-0.25, -0.2) is 9.10 Å². The number of hydrogen-bond acceptors (Lipinski definition) is 5. The molecule has 0 unspecified atom stereocenters. The van der Waals surface area contributed by atoms with E-state index < -0.39 is 5.97 Å². The molecule has 178 valence electrons. The van der Waals surface area contributed by atoms with Crippen LogP contribution in [0.2, 0.25) is 0 Å². The van der Waals surface area contributed by atoms with Crippen LogP contribution in [-0.2, 0) is 6.61 Å². The molecule has 0 spiro atoms. The molecule has 3 aliphatic rings. The van der Waals surface area contributed by atoms with Crippen LogP contribution in [0.1, 0.15) is 48.0 Å². The normalized spacial score (nSPS) is 20.0. The lowest BCUT2D eigenvalue weighted by Gasteiger charge is -2.37. The summed E-state index contributed by atoms with van der Waals surface area (Å²) in [5.74, 6) is 0.556. The highest BCUT2D eigenvalue weighted by Gasteiger charge is 2.35.